The number of nitrogens with zero attached hydrogens (tertiary/aromatic N) is 1. The van der Waals surface area contributed by atoms with E-state index in [1.807, 2.05) is 32.0 Å². The monoisotopic (exact) mass is 278 g/mol. The zero-order chi connectivity index (χ0) is 14.4. The van der Waals surface area contributed by atoms with Crippen LogP contribution in [0.2, 0.25) is 0 Å². The van der Waals surface area contributed by atoms with E-state index in [2.05, 4.69) is 10.2 Å². The summed E-state index contributed by atoms with van der Waals surface area (Å²) in [6.07, 6.45) is 0.954. The first-order valence-electron chi connectivity index (χ1n) is 7.11. The number of para-hydroxylation sites is 1. The molecule has 2 rings (SSSR count). The molecule has 1 N–H and O–H groups in total. The number of hydrogen-bond donors (Lipinski definition) is 1. The molecular weight excluding hydrogens is 256 g/mol. The van der Waals surface area contributed by atoms with Crippen molar-refractivity contribution in [2.75, 3.05) is 26.4 Å². The van der Waals surface area contributed by atoms with E-state index in [4.69, 9.17) is 9.47 Å². The van der Waals surface area contributed by atoms with E-state index < -0.39 is 0 Å². The van der Waals surface area contributed by atoms with Crippen LogP contribution in [0.5, 0.6) is 11.5 Å². The quantitative estimate of drug-likeness (QED) is 0.826. The third-order valence-corrected chi connectivity index (χ3v) is 3.26. The summed E-state index contributed by atoms with van der Waals surface area (Å²) in [6, 6.07) is 5.87. The Morgan fingerprint density at radius 2 is 2.20 bits per heavy atom. The van der Waals surface area contributed by atoms with Crippen molar-refractivity contribution >= 4 is 5.91 Å². The molecule has 1 aliphatic heterocycles. The van der Waals surface area contributed by atoms with Gasteiger partial charge in [-0.2, -0.15) is 0 Å². The Kier molecular flexibility index (Phi) is 5.24. The van der Waals surface area contributed by atoms with Crippen molar-refractivity contribution in [1.82, 2.24) is 10.2 Å². The van der Waals surface area contributed by atoms with E-state index in [0.29, 0.717) is 13.1 Å². The minimum atomic E-state index is 0.0680. The van der Waals surface area contributed by atoms with E-state index in [1.54, 1.807) is 0 Å². The number of benzene rings is 1. The predicted molar refractivity (Wildman–Crippen MR) is 76.8 cm³/mol. The number of likely N-dealkylation sites (N-methyl/N-ethyl adjacent to an activating group) is 1. The van der Waals surface area contributed by atoms with Gasteiger partial charge in [0.05, 0.1) is 6.54 Å². The molecule has 5 heteroatoms. The second-order valence-electron chi connectivity index (χ2n) is 4.80. The van der Waals surface area contributed by atoms with Crippen LogP contribution in [0.4, 0.5) is 0 Å². The van der Waals surface area contributed by atoms with Gasteiger partial charge in [-0.15, -0.1) is 0 Å². The average Bonchev–Trinajstić information content (AvgIpc) is 2.93. The van der Waals surface area contributed by atoms with Crippen molar-refractivity contribution in [3.63, 3.8) is 0 Å². The van der Waals surface area contributed by atoms with Crippen LogP contribution in [0.1, 0.15) is 25.8 Å². The minimum Gasteiger partial charge on any atom is -0.454 e. The van der Waals surface area contributed by atoms with Gasteiger partial charge in [0.15, 0.2) is 11.5 Å². The first kappa shape index (κ1) is 14.7. The summed E-state index contributed by atoms with van der Waals surface area (Å²) >= 11 is 0. The molecule has 0 aromatic heterocycles. The van der Waals surface area contributed by atoms with E-state index >= 15 is 0 Å². The van der Waals surface area contributed by atoms with Gasteiger partial charge in [0.25, 0.3) is 0 Å². The van der Waals surface area contributed by atoms with Crippen LogP contribution in [0.15, 0.2) is 18.2 Å². The second kappa shape index (κ2) is 7.14. The van der Waals surface area contributed by atoms with E-state index in [9.17, 15) is 4.79 Å². The lowest BCUT2D eigenvalue weighted by atomic mass is 10.1. The first-order valence-corrected chi connectivity index (χ1v) is 7.11. The molecule has 0 aliphatic carbocycles. The molecule has 0 radical (unpaired) electrons. The number of amides is 1. The number of nitrogens with one attached hydrogen (secondary N) is 1. The lowest BCUT2D eigenvalue weighted by Crippen LogP contribution is -2.37. The number of rotatable bonds is 7. The average molecular weight is 278 g/mol. The van der Waals surface area contributed by atoms with Crippen LogP contribution in [0.3, 0.4) is 0 Å². The van der Waals surface area contributed by atoms with Gasteiger partial charge in [-0.25, -0.2) is 0 Å². The normalized spacial score (nSPS) is 12.8. The molecule has 1 aliphatic rings. The third kappa shape index (κ3) is 3.63. The molecule has 1 aromatic rings. The lowest BCUT2D eigenvalue weighted by Gasteiger charge is -2.20. The molecule has 0 unspecified atom stereocenters. The molecule has 0 fully saturated rings. The Hall–Kier alpha value is -1.75. The SMILES string of the molecule is CCCNC(=O)CN(CC)Cc1cccc2c1OCO2. The molecule has 1 heterocycles. The second-order valence-corrected chi connectivity index (χ2v) is 4.80. The smallest absolute Gasteiger partial charge is 0.234 e. The minimum absolute atomic E-state index is 0.0680. The van der Waals surface area contributed by atoms with Gasteiger partial charge in [0.1, 0.15) is 0 Å². The number of carbonyl (C=O) groups is 1. The fourth-order valence-corrected chi connectivity index (χ4v) is 2.16. The van der Waals surface area contributed by atoms with E-state index in [1.165, 1.54) is 0 Å². The summed E-state index contributed by atoms with van der Waals surface area (Å²) < 4.78 is 10.9. The number of hydrogen-bond acceptors (Lipinski definition) is 4. The predicted octanol–water partition coefficient (Wildman–Crippen LogP) is 1.76. The fraction of sp³-hybridized carbons (Fsp3) is 0.533. The molecule has 0 bridgehead atoms. The maximum Gasteiger partial charge on any atom is 0.234 e. The van der Waals surface area contributed by atoms with Crippen molar-refractivity contribution in [3.05, 3.63) is 23.8 Å². The number of carbonyl (C=O) groups excluding carboxylic acids is 1. The van der Waals surface area contributed by atoms with Crippen LogP contribution in [0.25, 0.3) is 0 Å². The topological polar surface area (TPSA) is 50.8 Å². The molecule has 5 nitrogen and oxygen atoms in total. The van der Waals surface area contributed by atoms with Gasteiger partial charge in [0.2, 0.25) is 12.7 Å². The Morgan fingerprint density at radius 3 is 2.95 bits per heavy atom. The summed E-state index contributed by atoms with van der Waals surface area (Å²) in [5.74, 6) is 1.66. The largest absolute Gasteiger partial charge is 0.454 e. The Morgan fingerprint density at radius 1 is 1.35 bits per heavy atom. The summed E-state index contributed by atoms with van der Waals surface area (Å²) in [6.45, 7) is 6.99. The highest BCUT2D eigenvalue weighted by molar-refractivity contribution is 5.78. The van der Waals surface area contributed by atoms with Gasteiger partial charge in [-0.3, -0.25) is 9.69 Å². The van der Waals surface area contributed by atoms with E-state index in [0.717, 1.165) is 36.6 Å². The molecular formula is C15H22N2O3. The summed E-state index contributed by atoms with van der Waals surface area (Å²) in [7, 11) is 0. The van der Waals surface area contributed by atoms with Crippen LogP contribution in [-0.2, 0) is 11.3 Å². The van der Waals surface area contributed by atoms with Gasteiger partial charge in [-0.05, 0) is 19.0 Å². The van der Waals surface area contributed by atoms with Crippen LogP contribution in [0, 0.1) is 0 Å². The summed E-state index contributed by atoms with van der Waals surface area (Å²) in [5, 5.41) is 2.90. The van der Waals surface area contributed by atoms with Crippen molar-refractivity contribution in [2.45, 2.75) is 26.8 Å². The molecule has 0 atom stereocenters. The standard InChI is InChI=1S/C15H22N2O3/c1-3-8-16-14(18)10-17(4-2)9-12-6-5-7-13-15(12)20-11-19-13/h5-7H,3-4,8-11H2,1-2H3,(H,16,18). The zero-order valence-corrected chi connectivity index (χ0v) is 12.1. The van der Waals surface area contributed by atoms with Crippen LogP contribution in [-0.4, -0.2) is 37.2 Å². The van der Waals surface area contributed by atoms with Crippen LogP contribution >= 0.6 is 0 Å². The highest BCUT2D eigenvalue weighted by Gasteiger charge is 2.19. The molecule has 20 heavy (non-hydrogen) atoms. The zero-order valence-electron chi connectivity index (χ0n) is 12.1. The van der Waals surface area contributed by atoms with Crippen molar-refractivity contribution < 1.29 is 14.3 Å². The molecule has 0 spiro atoms. The van der Waals surface area contributed by atoms with Gasteiger partial charge in [0, 0.05) is 18.7 Å². The molecule has 110 valence electrons. The highest BCUT2D eigenvalue weighted by Crippen LogP contribution is 2.35. The summed E-state index contributed by atoms with van der Waals surface area (Å²) in [4.78, 5) is 13.9. The molecule has 1 aromatic carbocycles. The lowest BCUT2D eigenvalue weighted by molar-refractivity contribution is -0.122. The summed E-state index contributed by atoms with van der Waals surface area (Å²) in [5.41, 5.74) is 1.06. The van der Waals surface area contributed by atoms with Gasteiger partial charge >= 0.3 is 0 Å². The fourth-order valence-electron chi connectivity index (χ4n) is 2.16. The highest BCUT2D eigenvalue weighted by atomic mass is 16.7. The van der Waals surface area contributed by atoms with Crippen LogP contribution < -0.4 is 14.8 Å². The van der Waals surface area contributed by atoms with Crippen molar-refractivity contribution in [1.29, 1.82) is 0 Å². The van der Waals surface area contributed by atoms with Crippen molar-refractivity contribution in [3.8, 4) is 11.5 Å². The van der Waals surface area contributed by atoms with E-state index in [-0.39, 0.29) is 12.7 Å². The number of fused-ring (bicyclic) bond motifs is 1. The molecule has 0 saturated carbocycles. The number of ether oxygens (including phenoxy) is 2. The Bertz CT molecular complexity index is 462. The Labute approximate surface area is 119 Å². The molecule has 1 amide bonds. The maximum atomic E-state index is 11.8. The maximum absolute atomic E-state index is 11.8. The van der Waals surface area contributed by atoms with Gasteiger partial charge < -0.3 is 14.8 Å². The third-order valence-electron chi connectivity index (χ3n) is 3.26. The Balaban J connectivity index is 1.96. The van der Waals surface area contributed by atoms with Crippen molar-refractivity contribution in [2.24, 2.45) is 0 Å². The molecule has 0 saturated heterocycles. The van der Waals surface area contributed by atoms with Gasteiger partial charge in [-0.1, -0.05) is 26.0 Å². The first-order chi connectivity index (χ1) is 9.74.